The van der Waals surface area contributed by atoms with Crippen molar-refractivity contribution in [3.05, 3.63) is 23.2 Å². The van der Waals surface area contributed by atoms with Crippen molar-refractivity contribution in [2.24, 2.45) is 0 Å². The smallest absolute Gasteiger partial charge is 0.105 e. The number of rotatable bonds is 3. The topological polar surface area (TPSA) is 28.4 Å². The quantitative estimate of drug-likeness (QED) is 0.874. The van der Waals surface area contributed by atoms with Gasteiger partial charge in [-0.2, -0.15) is 0 Å². The predicted molar refractivity (Wildman–Crippen MR) is 70.2 cm³/mol. The fourth-order valence-electron chi connectivity index (χ4n) is 2.84. The van der Waals surface area contributed by atoms with Crippen LogP contribution in [-0.4, -0.2) is 30.6 Å². The summed E-state index contributed by atoms with van der Waals surface area (Å²) in [5, 5.41) is 3.71. The zero-order valence-corrected chi connectivity index (χ0v) is 11.6. The lowest BCUT2D eigenvalue weighted by molar-refractivity contribution is 0.325. The van der Waals surface area contributed by atoms with Gasteiger partial charge in [-0.05, 0) is 47.2 Å². The van der Waals surface area contributed by atoms with Crippen molar-refractivity contribution in [3.8, 4) is 0 Å². The van der Waals surface area contributed by atoms with Crippen molar-refractivity contribution in [1.29, 1.82) is 0 Å². The first-order chi connectivity index (χ1) is 7.97. The van der Waals surface area contributed by atoms with Gasteiger partial charge in [-0.1, -0.05) is 0 Å². The van der Waals surface area contributed by atoms with Crippen molar-refractivity contribution in [2.45, 2.75) is 52.2 Å². The van der Waals surface area contributed by atoms with Gasteiger partial charge in [0.05, 0.1) is 0 Å². The van der Waals surface area contributed by atoms with Crippen LogP contribution in [0.3, 0.4) is 0 Å². The van der Waals surface area contributed by atoms with Crippen LogP contribution in [0, 0.1) is 13.8 Å². The van der Waals surface area contributed by atoms with Crippen LogP contribution >= 0.6 is 0 Å². The molecule has 0 bridgehead atoms. The molecule has 17 heavy (non-hydrogen) atoms. The third-order valence-corrected chi connectivity index (χ3v) is 3.92. The molecule has 3 heteroatoms. The van der Waals surface area contributed by atoms with E-state index in [0.29, 0.717) is 18.1 Å². The molecule has 0 aromatic carbocycles. The van der Waals surface area contributed by atoms with E-state index in [1.165, 1.54) is 12.0 Å². The largest absolute Gasteiger partial charge is 0.466 e. The Morgan fingerprint density at radius 1 is 1.47 bits per heavy atom. The van der Waals surface area contributed by atoms with E-state index in [9.17, 15) is 0 Å². The summed E-state index contributed by atoms with van der Waals surface area (Å²) in [4.78, 5) is 2.41. The van der Waals surface area contributed by atoms with E-state index in [-0.39, 0.29) is 0 Å². The standard InChI is InChI=1S/C14H24N2O/c1-9-6-13(8-16(9)5)15-11(3)14-7-10(2)17-12(14)4/h7,9,11,13,15H,6,8H2,1-5H3. The number of nitrogens with zero attached hydrogens (tertiary/aromatic N) is 1. The summed E-state index contributed by atoms with van der Waals surface area (Å²) < 4.78 is 5.59. The Labute approximate surface area is 104 Å². The summed E-state index contributed by atoms with van der Waals surface area (Å²) in [5.74, 6) is 2.05. The highest BCUT2D eigenvalue weighted by Crippen LogP contribution is 2.24. The van der Waals surface area contributed by atoms with Gasteiger partial charge >= 0.3 is 0 Å². The van der Waals surface area contributed by atoms with Crippen molar-refractivity contribution in [2.75, 3.05) is 13.6 Å². The summed E-state index contributed by atoms with van der Waals surface area (Å²) in [6.45, 7) is 9.71. The van der Waals surface area contributed by atoms with Gasteiger partial charge in [0.1, 0.15) is 11.5 Å². The van der Waals surface area contributed by atoms with Gasteiger partial charge in [0.2, 0.25) is 0 Å². The molecule has 1 fully saturated rings. The van der Waals surface area contributed by atoms with Gasteiger partial charge in [-0.25, -0.2) is 0 Å². The summed E-state index contributed by atoms with van der Waals surface area (Å²) in [7, 11) is 2.20. The minimum absolute atomic E-state index is 0.371. The summed E-state index contributed by atoms with van der Waals surface area (Å²) in [6.07, 6.45) is 1.23. The number of furan rings is 1. The van der Waals surface area contributed by atoms with Crippen LogP contribution in [0.1, 0.15) is 43.4 Å². The molecule has 3 atom stereocenters. The Balaban J connectivity index is 1.98. The molecule has 0 radical (unpaired) electrons. The maximum atomic E-state index is 5.59. The first-order valence-corrected chi connectivity index (χ1v) is 6.50. The summed E-state index contributed by atoms with van der Waals surface area (Å²) >= 11 is 0. The van der Waals surface area contributed by atoms with Gasteiger partial charge in [0.15, 0.2) is 0 Å². The molecule has 3 nitrogen and oxygen atoms in total. The monoisotopic (exact) mass is 236 g/mol. The third-order valence-electron chi connectivity index (χ3n) is 3.92. The lowest BCUT2D eigenvalue weighted by Gasteiger charge is -2.19. The molecule has 0 aliphatic carbocycles. The van der Waals surface area contributed by atoms with E-state index in [2.05, 4.69) is 37.2 Å². The maximum absolute atomic E-state index is 5.59. The second kappa shape index (κ2) is 4.83. The third kappa shape index (κ3) is 2.72. The summed E-state index contributed by atoms with van der Waals surface area (Å²) in [5.41, 5.74) is 1.30. The van der Waals surface area contributed by atoms with E-state index >= 15 is 0 Å². The molecule has 0 saturated carbocycles. The molecule has 1 saturated heterocycles. The lowest BCUT2D eigenvalue weighted by Crippen LogP contribution is -2.33. The lowest BCUT2D eigenvalue weighted by atomic mass is 10.1. The van der Waals surface area contributed by atoms with Gasteiger partial charge in [-0.15, -0.1) is 0 Å². The number of hydrogen-bond donors (Lipinski definition) is 1. The molecule has 1 aliphatic rings. The highest BCUT2D eigenvalue weighted by atomic mass is 16.3. The number of likely N-dealkylation sites (N-methyl/N-ethyl adjacent to an activating group) is 1. The zero-order valence-electron chi connectivity index (χ0n) is 11.6. The molecular formula is C14H24N2O. The number of aryl methyl sites for hydroxylation is 2. The van der Waals surface area contributed by atoms with E-state index in [1.54, 1.807) is 0 Å². The van der Waals surface area contributed by atoms with Crippen molar-refractivity contribution < 1.29 is 4.42 Å². The predicted octanol–water partition coefficient (Wildman–Crippen LogP) is 2.64. The van der Waals surface area contributed by atoms with Gasteiger partial charge in [0, 0.05) is 30.2 Å². The Bertz CT molecular complexity index is 376. The van der Waals surface area contributed by atoms with Crippen LogP contribution < -0.4 is 5.32 Å². The summed E-state index contributed by atoms with van der Waals surface area (Å²) in [6, 6.07) is 3.80. The SMILES string of the molecule is Cc1cc(C(C)NC2CC(C)N(C)C2)c(C)o1. The Morgan fingerprint density at radius 3 is 2.65 bits per heavy atom. The fourth-order valence-corrected chi connectivity index (χ4v) is 2.84. The Kier molecular flexibility index (Phi) is 3.59. The second-order valence-corrected chi connectivity index (χ2v) is 5.48. The first kappa shape index (κ1) is 12.7. The number of nitrogens with one attached hydrogen (secondary N) is 1. The molecule has 3 unspecified atom stereocenters. The molecule has 1 aromatic heterocycles. The molecule has 1 aromatic rings. The molecule has 2 rings (SSSR count). The van der Waals surface area contributed by atoms with E-state index in [0.717, 1.165) is 18.1 Å². The van der Waals surface area contributed by atoms with Crippen LogP contribution in [0.4, 0.5) is 0 Å². The minimum atomic E-state index is 0.371. The highest BCUT2D eigenvalue weighted by molar-refractivity contribution is 5.23. The van der Waals surface area contributed by atoms with Crippen LogP contribution in [0.5, 0.6) is 0 Å². The molecule has 96 valence electrons. The van der Waals surface area contributed by atoms with Gasteiger partial charge in [-0.3, -0.25) is 0 Å². The van der Waals surface area contributed by atoms with Gasteiger partial charge in [0.25, 0.3) is 0 Å². The maximum Gasteiger partial charge on any atom is 0.105 e. The second-order valence-electron chi connectivity index (χ2n) is 5.48. The average Bonchev–Trinajstić information content (AvgIpc) is 2.71. The minimum Gasteiger partial charge on any atom is -0.466 e. The molecule has 2 heterocycles. The van der Waals surface area contributed by atoms with E-state index in [4.69, 9.17) is 4.42 Å². The van der Waals surface area contributed by atoms with Crippen molar-refractivity contribution in [3.63, 3.8) is 0 Å². The van der Waals surface area contributed by atoms with E-state index in [1.807, 2.05) is 13.8 Å². The van der Waals surface area contributed by atoms with Gasteiger partial charge < -0.3 is 14.6 Å². The number of hydrogen-bond acceptors (Lipinski definition) is 3. The van der Waals surface area contributed by atoms with Crippen LogP contribution in [-0.2, 0) is 0 Å². The number of likely N-dealkylation sites (tertiary alicyclic amines) is 1. The van der Waals surface area contributed by atoms with Crippen LogP contribution in [0.15, 0.2) is 10.5 Å². The molecule has 1 N–H and O–H groups in total. The molecule has 0 amide bonds. The zero-order chi connectivity index (χ0) is 12.6. The van der Waals surface area contributed by atoms with Crippen LogP contribution in [0.25, 0.3) is 0 Å². The van der Waals surface area contributed by atoms with Crippen LogP contribution in [0.2, 0.25) is 0 Å². The van der Waals surface area contributed by atoms with E-state index < -0.39 is 0 Å². The highest BCUT2D eigenvalue weighted by Gasteiger charge is 2.27. The van der Waals surface area contributed by atoms with Crippen molar-refractivity contribution in [1.82, 2.24) is 10.2 Å². The fraction of sp³-hybridized carbons (Fsp3) is 0.714. The molecular weight excluding hydrogens is 212 g/mol. The first-order valence-electron chi connectivity index (χ1n) is 6.50. The Hall–Kier alpha value is -0.800. The Morgan fingerprint density at radius 2 is 2.18 bits per heavy atom. The molecule has 0 spiro atoms. The average molecular weight is 236 g/mol. The molecule has 1 aliphatic heterocycles. The normalized spacial score (nSPS) is 27.6. The van der Waals surface area contributed by atoms with Crippen molar-refractivity contribution >= 4 is 0 Å².